The third-order valence-corrected chi connectivity index (χ3v) is 4.17. The second-order valence-corrected chi connectivity index (χ2v) is 5.98. The van der Waals surface area contributed by atoms with Crippen LogP contribution in [0.15, 0.2) is 59.1 Å². The fraction of sp³-hybridized carbons (Fsp3) is 0.200. The van der Waals surface area contributed by atoms with Crippen molar-refractivity contribution < 1.29 is 23.5 Å². The number of carbonyl (C=O) groups excluding carboxylic acids is 1. The number of nitrogens with zero attached hydrogens (tertiary/aromatic N) is 1. The van der Waals surface area contributed by atoms with E-state index in [1.807, 2.05) is 48.5 Å². The van der Waals surface area contributed by atoms with Gasteiger partial charge in [-0.3, -0.25) is 4.79 Å². The van der Waals surface area contributed by atoms with Crippen molar-refractivity contribution in [1.82, 2.24) is 10.5 Å². The van der Waals surface area contributed by atoms with Gasteiger partial charge in [0.15, 0.2) is 23.0 Å². The number of hydrogen-bond acceptors (Lipinski definition) is 6. The van der Waals surface area contributed by atoms with Crippen LogP contribution in [-0.2, 0) is 0 Å². The Hall–Kier alpha value is -3.48. The van der Waals surface area contributed by atoms with E-state index in [0.717, 1.165) is 5.56 Å². The van der Waals surface area contributed by atoms with E-state index in [1.54, 1.807) is 13.2 Å². The van der Waals surface area contributed by atoms with Crippen LogP contribution in [0.4, 0.5) is 0 Å². The van der Waals surface area contributed by atoms with Crippen LogP contribution in [0.25, 0.3) is 11.3 Å². The lowest BCUT2D eigenvalue weighted by atomic mass is 10.1. The van der Waals surface area contributed by atoms with Gasteiger partial charge in [-0.1, -0.05) is 29.4 Å². The van der Waals surface area contributed by atoms with Crippen molar-refractivity contribution in [2.24, 2.45) is 0 Å². The van der Waals surface area contributed by atoms with Crippen molar-refractivity contribution in [3.63, 3.8) is 0 Å². The standard InChI is InChI=1S/C20H18N2O5/c1-24-16-7-3-2-6-14(16)19-10-15(22-27-19)20(23)21-11-13-12-25-17-8-4-5-9-18(17)26-13/h2-10,13H,11-12H2,1H3,(H,21,23)/t13-/m1/s1. The summed E-state index contributed by atoms with van der Waals surface area (Å²) >= 11 is 0. The van der Waals surface area contributed by atoms with Crippen LogP contribution in [0.3, 0.4) is 0 Å². The smallest absolute Gasteiger partial charge is 0.273 e. The third kappa shape index (κ3) is 3.57. The number of amides is 1. The van der Waals surface area contributed by atoms with E-state index in [-0.39, 0.29) is 17.7 Å². The summed E-state index contributed by atoms with van der Waals surface area (Å²) in [4.78, 5) is 12.4. The normalized spacial score (nSPS) is 15.2. The summed E-state index contributed by atoms with van der Waals surface area (Å²) in [5, 5.41) is 6.65. The molecule has 1 aromatic heterocycles. The molecule has 0 fully saturated rings. The predicted molar refractivity (Wildman–Crippen MR) is 97.2 cm³/mol. The number of nitrogens with one attached hydrogen (secondary N) is 1. The Morgan fingerprint density at radius 2 is 1.96 bits per heavy atom. The Balaban J connectivity index is 1.39. The first-order valence-electron chi connectivity index (χ1n) is 8.51. The first-order valence-corrected chi connectivity index (χ1v) is 8.51. The number of hydrogen-bond donors (Lipinski definition) is 1. The van der Waals surface area contributed by atoms with Crippen molar-refractivity contribution in [3.05, 3.63) is 60.3 Å². The zero-order chi connectivity index (χ0) is 18.6. The molecule has 0 saturated heterocycles. The molecule has 2 aromatic carbocycles. The quantitative estimate of drug-likeness (QED) is 0.748. The fourth-order valence-electron chi connectivity index (χ4n) is 2.82. The molecule has 0 saturated carbocycles. The van der Waals surface area contributed by atoms with Crippen LogP contribution in [0.1, 0.15) is 10.5 Å². The molecular weight excluding hydrogens is 348 g/mol. The summed E-state index contributed by atoms with van der Waals surface area (Å²) in [5.74, 6) is 2.14. The summed E-state index contributed by atoms with van der Waals surface area (Å²) in [5.41, 5.74) is 0.917. The van der Waals surface area contributed by atoms with Crippen molar-refractivity contribution in [3.8, 4) is 28.6 Å². The van der Waals surface area contributed by atoms with Gasteiger partial charge in [-0.25, -0.2) is 0 Å². The van der Waals surface area contributed by atoms with E-state index in [1.165, 1.54) is 0 Å². The lowest BCUT2D eigenvalue weighted by Gasteiger charge is -2.26. The molecule has 1 atom stereocenters. The summed E-state index contributed by atoms with van der Waals surface area (Å²) in [6, 6.07) is 16.4. The molecule has 0 spiro atoms. The molecule has 1 N–H and O–H groups in total. The van der Waals surface area contributed by atoms with Gasteiger partial charge in [-0.2, -0.15) is 0 Å². The lowest BCUT2D eigenvalue weighted by Crippen LogP contribution is -2.40. The highest BCUT2D eigenvalue weighted by molar-refractivity contribution is 5.93. The van der Waals surface area contributed by atoms with Crippen LogP contribution >= 0.6 is 0 Å². The number of carbonyl (C=O) groups is 1. The van der Waals surface area contributed by atoms with Crippen molar-refractivity contribution in [2.75, 3.05) is 20.3 Å². The Kier molecular flexibility index (Phi) is 4.65. The molecular formula is C20H18N2O5. The van der Waals surface area contributed by atoms with Gasteiger partial charge in [0, 0.05) is 6.07 Å². The topological polar surface area (TPSA) is 82.8 Å². The maximum atomic E-state index is 12.4. The summed E-state index contributed by atoms with van der Waals surface area (Å²) in [7, 11) is 1.58. The van der Waals surface area contributed by atoms with E-state index >= 15 is 0 Å². The van der Waals surface area contributed by atoms with Crippen LogP contribution in [-0.4, -0.2) is 37.4 Å². The minimum atomic E-state index is -0.345. The van der Waals surface area contributed by atoms with E-state index in [9.17, 15) is 4.79 Å². The van der Waals surface area contributed by atoms with Crippen LogP contribution in [0, 0.1) is 0 Å². The fourth-order valence-corrected chi connectivity index (χ4v) is 2.82. The Labute approximate surface area is 155 Å². The highest BCUT2D eigenvalue weighted by Gasteiger charge is 2.22. The first-order chi connectivity index (χ1) is 13.2. The van der Waals surface area contributed by atoms with Gasteiger partial charge in [0.25, 0.3) is 5.91 Å². The maximum Gasteiger partial charge on any atom is 0.273 e. The maximum absolute atomic E-state index is 12.4. The number of rotatable bonds is 5. The number of ether oxygens (including phenoxy) is 3. The summed E-state index contributed by atoms with van der Waals surface area (Å²) in [6.07, 6.45) is -0.274. The van der Waals surface area contributed by atoms with E-state index in [0.29, 0.717) is 36.2 Å². The monoisotopic (exact) mass is 366 g/mol. The average Bonchev–Trinajstić information content (AvgIpc) is 3.22. The lowest BCUT2D eigenvalue weighted by molar-refractivity contribution is 0.0784. The number of fused-ring (bicyclic) bond motifs is 1. The molecule has 4 rings (SSSR count). The number of benzene rings is 2. The molecule has 1 amide bonds. The van der Waals surface area contributed by atoms with Gasteiger partial charge in [-0.05, 0) is 24.3 Å². The van der Waals surface area contributed by atoms with Crippen molar-refractivity contribution >= 4 is 5.91 Å². The molecule has 7 nitrogen and oxygen atoms in total. The van der Waals surface area contributed by atoms with Crippen LogP contribution in [0.2, 0.25) is 0 Å². The second kappa shape index (κ2) is 7.41. The SMILES string of the molecule is COc1ccccc1-c1cc(C(=O)NC[C@@H]2COc3ccccc3O2)no1. The van der Waals surface area contributed by atoms with Gasteiger partial charge >= 0.3 is 0 Å². The number of aromatic nitrogens is 1. The molecule has 0 aliphatic carbocycles. The molecule has 0 radical (unpaired) electrons. The average molecular weight is 366 g/mol. The van der Waals surface area contributed by atoms with E-state index < -0.39 is 0 Å². The molecule has 138 valence electrons. The Bertz CT molecular complexity index is 953. The van der Waals surface area contributed by atoms with Crippen LogP contribution < -0.4 is 19.5 Å². The Morgan fingerprint density at radius 1 is 1.19 bits per heavy atom. The second-order valence-electron chi connectivity index (χ2n) is 5.98. The molecule has 27 heavy (non-hydrogen) atoms. The highest BCUT2D eigenvalue weighted by Crippen LogP contribution is 2.31. The zero-order valence-corrected chi connectivity index (χ0v) is 14.7. The molecule has 0 unspecified atom stereocenters. The van der Waals surface area contributed by atoms with Gasteiger partial charge in [0.05, 0.1) is 19.2 Å². The predicted octanol–water partition coefficient (Wildman–Crippen LogP) is 2.92. The molecule has 1 aliphatic heterocycles. The van der Waals surface area contributed by atoms with Crippen molar-refractivity contribution in [1.29, 1.82) is 0 Å². The number of para-hydroxylation sites is 3. The minimum Gasteiger partial charge on any atom is -0.496 e. The molecule has 3 aromatic rings. The van der Waals surface area contributed by atoms with E-state index in [2.05, 4.69) is 10.5 Å². The van der Waals surface area contributed by atoms with Crippen LogP contribution in [0.5, 0.6) is 17.2 Å². The summed E-state index contributed by atoms with van der Waals surface area (Å²) in [6.45, 7) is 0.659. The molecule has 0 bridgehead atoms. The van der Waals surface area contributed by atoms with Gasteiger partial charge in [0.1, 0.15) is 18.5 Å². The molecule has 1 aliphatic rings. The minimum absolute atomic E-state index is 0.188. The van der Waals surface area contributed by atoms with Crippen molar-refractivity contribution in [2.45, 2.75) is 6.10 Å². The summed E-state index contributed by atoms with van der Waals surface area (Å²) < 4.78 is 22.1. The third-order valence-electron chi connectivity index (χ3n) is 4.17. The molecule has 7 heteroatoms. The number of methoxy groups -OCH3 is 1. The molecule has 2 heterocycles. The van der Waals surface area contributed by atoms with Gasteiger partial charge in [0.2, 0.25) is 0 Å². The van der Waals surface area contributed by atoms with Gasteiger partial charge < -0.3 is 24.1 Å². The first kappa shape index (κ1) is 17.0. The van der Waals surface area contributed by atoms with Gasteiger partial charge in [-0.15, -0.1) is 0 Å². The zero-order valence-electron chi connectivity index (χ0n) is 14.7. The van der Waals surface area contributed by atoms with E-state index in [4.69, 9.17) is 18.7 Å². The Morgan fingerprint density at radius 3 is 2.81 bits per heavy atom. The highest BCUT2D eigenvalue weighted by atomic mass is 16.6. The largest absolute Gasteiger partial charge is 0.496 e.